The molecule has 0 N–H and O–H groups in total. The Labute approximate surface area is 47.3 Å². The first-order valence-electron chi connectivity index (χ1n) is 1.92. The molecule has 0 rings (SSSR count). The van der Waals surface area contributed by atoms with E-state index in [2.05, 4.69) is 0 Å². The van der Waals surface area contributed by atoms with Crippen molar-refractivity contribution in [2.45, 2.75) is 12.3 Å². The molecule has 6 heteroatoms. The maximum atomic E-state index is 11.4. The zero-order valence-electron chi connectivity index (χ0n) is 4.08. The number of alkyl halides is 4. The molecule has 0 aromatic carbocycles. The second kappa shape index (κ2) is 2.95. The summed E-state index contributed by atoms with van der Waals surface area (Å²) in [5.41, 5.74) is 0. The highest BCUT2D eigenvalue weighted by Gasteiger charge is 2.43. The molecular formula is C3H3F5O. The van der Waals surface area contributed by atoms with E-state index in [1.54, 1.807) is 0 Å². The van der Waals surface area contributed by atoms with E-state index >= 15 is 0 Å². The van der Waals surface area contributed by atoms with Crippen molar-refractivity contribution in [1.29, 1.82) is 0 Å². The molecule has 0 aliphatic rings. The maximum absolute atomic E-state index is 11.4. The summed E-state index contributed by atoms with van der Waals surface area (Å²) in [6.07, 6.45) is -7.89. The smallest absolute Gasteiger partial charge is 0.248 e. The van der Waals surface area contributed by atoms with E-state index in [1.165, 1.54) is 0 Å². The Morgan fingerprint density at radius 1 is 1.44 bits per heavy atom. The van der Waals surface area contributed by atoms with Crippen LogP contribution in [0.25, 0.3) is 0 Å². The van der Waals surface area contributed by atoms with E-state index in [-0.39, 0.29) is 0 Å². The molecule has 0 radical (unpaired) electrons. The van der Waals surface area contributed by atoms with Crippen LogP contribution in [0.1, 0.15) is 0 Å². The predicted molar refractivity (Wildman–Crippen MR) is 18.0 cm³/mol. The Kier molecular flexibility index (Phi) is 2.83. The number of hydrogen-bond acceptors (Lipinski definition) is 1. The summed E-state index contributed by atoms with van der Waals surface area (Å²) in [6, 6.07) is 0. The van der Waals surface area contributed by atoms with Crippen LogP contribution < -0.4 is 0 Å². The monoisotopic (exact) mass is 150 g/mol. The minimum atomic E-state index is -4.66. The zero-order valence-corrected chi connectivity index (χ0v) is 4.08. The van der Waals surface area contributed by atoms with E-state index < -0.39 is 19.0 Å². The molecule has 0 heterocycles. The Morgan fingerprint density at radius 2 is 1.89 bits per heavy atom. The quantitative estimate of drug-likeness (QED) is 0.557. The summed E-state index contributed by atoms with van der Waals surface area (Å²) in [5.74, 6) is 0. The molecule has 9 heavy (non-hydrogen) atoms. The number of rotatable bonds is 3. The minimum absolute atomic E-state index is 1.84. The highest BCUT2D eigenvalue weighted by molar-refractivity contribution is 4.63. The lowest BCUT2D eigenvalue weighted by atomic mass is 10.4. The van der Waals surface area contributed by atoms with Crippen LogP contribution in [0.3, 0.4) is 0 Å². The van der Waals surface area contributed by atoms with Crippen LogP contribution in [-0.2, 0) is 4.94 Å². The van der Waals surface area contributed by atoms with Gasteiger partial charge in [0.2, 0.25) is 6.17 Å². The van der Waals surface area contributed by atoms with Gasteiger partial charge in [-0.2, -0.15) is 8.78 Å². The predicted octanol–water partition coefficient (Wildman–Crippen LogP) is 1.79. The summed E-state index contributed by atoms with van der Waals surface area (Å²) in [5, 5.41) is 0. The Hall–Kier alpha value is -0.390. The third-order valence-electron chi connectivity index (χ3n) is 0.603. The van der Waals surface area contributed by atoms with Gasteiger partial charge in [0.25, 0.3) is 0 Å². The highest BCUT2D eigenvalue weighted by atomic mass is 19.4. The van der Waals surface area contributed by atoms with Gasteiger partial charge in [-0.25, -0.2) is 8.78 Å². The van der Waals surface area contributed by atoms with E-state index in [9.17, 15) is 22.1 Å². The fourth-order valence-corrected chi connectivity index (χ4v) is 0.138. The van der Waals surface area contributed by atoms with Crippen LogP contribution in [0, 0.1) is 0 Å². The zero-order chi connectivity index (χ0) is 7.49. The number of halogens is 5. The molecule has 0 saturated heterocycles. The van der Waals surface area contributed by atoms with Crippen molar-refractivity contribution in [1.82, 2.24) is 0 Å². The van der Waals surface area contributed by atoms with Gasteiger partial charge in [-0.05, 0) is 4.53 Å². The standard InChI is InChI=1S/C3H3F5O/c4-1-2(5)3(6,7)9-8/h2H,1H2. The van der Waals surface area contributed by atoms with Gasteiger partial charge >= 0.3 is 6.11 Å². The fourth-order valence-electron chi connectivity index (χ4n) is 0.138. The Morgan fingerprint density at radius 3 is 2.00 bits per heavy atom. The molecule has 1 unspecified atom stereocenters. The molecule has 0 aliphatic carbocycles. The second-order valence-electron chi connectivity index (χ2n) is 1.26. The molecule has 0 aliphatic heterocycles. The van der Waals surface area contributed by atoms with E-state index in [1.807, 2.05) is 4.94 Å². The normalized spacial score (nSPS) is 15.7. The van der Waals surface area contributed by atoms with Crippen LogP contribution in [0.15, 0.2) is 0 Å². The number of hydrogen-bond donors (Lipinski definition) is 0. The molecule has 0 amide bonds. The molecule has 0 spiro atoms. The lowest BCUT2D eigenvalue weighted by molar-refractivity contribution is -0.376. The lowest BCUT2D eigenvalue weighted by Gasteiger charge is -2.11. The van der Waals surface area contributed by atoms with Gasteiger partial charge < -0.3 is 0 Å². The minimum Gasteiger partial charge on any atom is -0.248 e. The molecule has 0 fully saturated rings. The fraction of sp³-hybridized carbons (Fsp3) is 1.00. The molecule has 1 nitrogen and oxygen atoms in total. The molecular weight excluding hydrogens is 147 g/mol. The van der Waals surface area contributed by atoms with Crippen LogP contribution in [0.2, 0.25) is 0 Å². The maximum Gasteiger partial charge on any atom is 0.419 e. The van der Waals surface area contributed by atoms with Crippen LogP contribution in [0.4, 0.5) is 22.1 Å². The second-order valence-corrected chi connectivity index (χ2v) is 1.26. The molecule has 0 aromatic rings. The first-order valence-corrected chi connectivity index (χ1v) is 1.92. The van der Waals surface area contributed by atoms with Crippen LogP contribution in [-0.4, -0.2) is 19.0 Å². The van der Waals surface area contributed by atoms with Crippen molar-refractivity contribution in [2.75, 3.05) is 6.67 Å². The van der Waals surface area contributed by atoms with E-state index in [0.717, 1.165) is 0 Å². The van der Waals surface area contributed by atoms with Crippen molar-refractivity contribution in [3.8, 4) is 0 Å². The lowest BCUT2D eigenvalue weighted by Crippen LogP contribution is -2.32. The van der Waals surface area contributed by atoms with E-state index in [4.69, 9.17) is 0 Å². The first-order chi connectivity index (χ1) is 4.04. The van der Waals surface area contributed by atoms with Crippen molar-refractivity contribution in [3.05, 3.63) is 0 Å². The van der Waals surface area contributed by atoms with Crippen LogP contribution >= 0.6 is 0 Å². The third-order valence-corrected chi connectivity index (χ3v) is 0.603. The largest absolute Gasteiger partial charge is 0.419 e. The van der Waals surface area contributed by atoms with Crippen molar-refractivity contribution in [3.63, 3.8) is 0 Å². The van der Waals surface area contributed by atoms with Gasteiger partial charge in [0.15, 0.2) is 0 Å². The van der Waals surface area contributed by atoms with Gasteiger partial charge in [-0.1, -0.05) is 0 Å². The third kappa shape index (κ3) is 2.13. The van der Waals surface area contributed by atoms with E-state index in [0.29, 0.717) is 0 Å². The van der Waals surface area contributed by atoms with Crippen molar-refractivity contribution >= 4 is 0 Å². The SMILES string of the molecule is FCC(F)C(F)(F)OF. The van der Waals surface area contributed by atoms with Gasteiger partial charge in [-0.3, -0.25) is 0 Å². The highest BCUT2D eigenvalue weighted by Crippen LogP contribution is 2.23. The first kappa shape index (κ1) is 8.61. The molecule has 0 saturated carbocycles. The molecule has 1 atom stereocenters. The summed E-state index contributed by atoms with van der Waals surface area (Å²) in [4.78, 5) is 1.84. The summed E-state index contributed by atoms with van der Waals surface area (Å²) >= 11 is 0. The molecule has 56 valence electrons. The van der Waals surface area contributed by atoms with Gasteiger partial charge in [-0.15, -0.1) is 4.94 Å². The average Bonchev–Trinajstić information content (AvgIpc) is 1.86. The molecule has 0 aromatic heterocycles. The van der Waals surface area contributed by atoms with Crippen molar-refractivity contribution in [2.24, 2.45) is 0 Å². The Balaban J connectivity index is 3.80. The van der Waals surface area contributed by atoms with Crippen molar-refractivity contribution < 1.29 is 27.0 Å². The topological polar surface area (TPSA) is 9.23 Å². The van der Waals surface area contributed by atoms with Gasteiger partial charge in [0, 0.05) is 0 Å². The van der Waals surface area contributed by atoms with Gasteiger partial charge in [0.05, 0.1) is 0 Å². The summed E-state index contributed by atoms with van der Waals surface area (Å²) in [6.45, 7) is -1.98. The summed E-state index contributed by atoms with van der Waals surface area (Å²) < 4.78 is 55.6. The molecule has 0 bridgehead atoms. The summed E-state index contributed by atoms with van der Waals surface area (Å²) in [7, 11) is 0. The van der Waals surface area contributed by atoms with Gasteiger partial charge in [0.1, 0.15) is 6.67 Å². The average molecular weight is 150 g/mol. The Bertz CT molecular complexity index is 84.3. The van der Waals surface area contributed by atoms with Crippen LogP contribution in [0.5, 0.6) is 0 Å².